The van der Waals surface area contributed by atoms with Crippen molar-refractivity contribution in [1.29, 1.82) is 0 Å². The first-order valence-corrected chi connectivity index (χ1v) is 4.21. The molecule has 1 rings (SSSR count). The van der Waals surface area contributed by atoms with Gasteiger partial charge in [-0.05, 0) is 18.6 Å². The molecule has 80 valence electrons. The molecule has 1 aromatic carbocycles. The van der Waals surface area contributed by atoms with Crippen LogP contribution < -0.4 is 5.73 Å². The highest BCUT2D eigenvalue weighted by molar-refractivity contribution is 6.32. The largest absolute Gasteiger partial charge is 0.322 e. The van der Waals surface area contributed by atoms with Gasteiger partial charge >= 0.3 is 0 Å². The molecule has 0 aromatic heterocycles. The Morgan fingerprint density at radius 1 is 1.50 bits per heavy atom. The molecule has 0 fully saturated rings. The summed E-state index contributed by atoms with van der Waals surface area (Å²) in [5.41, 5.74) is 6.12. The van der Waals surface area contributed by atoms with Crippen LogP contribution in [0, 0.1) is 12.7 Å². The normalized spacial score (nSPS) is 12.1. The predicted molar refractivity (Wildman–Crippen MR) is 56.3 cm³/mol. The van der Waals surface area contributed by atoms with Crippen LogP contribution in [-0.4, -0.2) is 6.67 Å². The fourth-order valence-electron chi connectivity index (χ4n) is 1.10. The molecule has 0 aliphatic carbocycles. The van der Waals surface area contributed by atoms with Crippen LogP contribution in [0.4, 0.5) is 8.78 Å². The van der Waals surface area contributed by atoms with E-state index in [1.54, 1.807) is 6.92 Å². The van der Waals surface area contributed by atoms with Crippen LogP contribution in [0.3, 0.4) is 0 Å². The molecule has 0 aliphatic rings. The number of aryl methyl sites for hydroxylation is 1. The molecule has 0 heterocycles. The van der Waals surface area contributed by atoms with Gasteiger partial charge in [-0.3, -0.25) is 0 Å². The maximum absolute atomic E-state index is 13.1. The second kappa shape index (κ2) is 5.49. The lowest BCUT2D eigenvalue weighted by molar-refractivity contribution is 0.427. The molecule has 2 N–H and O–H groups in total. The molecular weight excluding hydrogens is 231 g/mol. The Bertz CT molecular complexity index is 318. The van der Waals surface area contributed by atoms with Crippen LogP contribution in [-0.2, 0) is 0 Å². The molecule has 5 heteroatoms. The minimum absolute atomic E-state index is 0. The zero-order valence-electron chi connectivity index (χ0n) is 7.56. The number of halogens is 4. The van der Waals surface area contributed by atoms with E-state index in [0.29, 0.717) is 5.56 Å². The number of hydrogen-bond donors (Lipinski definition) is 1. The molecule has 0 spiro atoms. The summed E-state index contributed by atoms with van der Waals surface area (Å²) in [5, 5.41) is 0.213. The van der Waals surface area contributed by atoms with E-state index in [-0.39, 0.29) is 23.0 Å². The lowest BCUT2D eigenvalue weighted by Gasteiger charge is -2.12. The molecule has 0 saturated carbocycles. The van der Waals surface area contributed by atoms with Crippen molar-refractivity contribution in [2.75, 3.05) is 6.67 Å². The first-order valence-electron chi connectivity index (χ1n) is 3.84. The number of nitrogens with two attached hydrogens (primary N) is 1. The summed E-state index contributed by atoms with van der Waals surface area (Å²) in [6.07, 6.45) is 0. The van der Waals surface area contributed by atoms with Crippen molar-refractivity contribution in [3.63, 3.8) is 0 Å². The average Bonchev–Trinajstić information content (AvgIpc) is 2.12. The van der Waals surface area contributed by atoms with Gasteiger partial charge in [0.1, 0.15) is 12.5 Å². The van der Waals surface area contributed by atoms with Crippen LogP contribution in [0.5, 0.6) is 0 Å². The quantitative estimate of drug-likeness (QED) is 0.846. The third kappa shape index (κ3) is 2.56. The van der Waals surface area contributed by atoms with Gasteiger partial charge in [0, 0.05) is 5.56 Å². The zero-order valence-corrected chi connectivity index (χ0v) is 9.13. The molecule has 0 radical (unpaired) electrons. The Hall–Kier alpha value is -0.380. The van der Waals surface area contributed by atoms with Gasteiger partial charge in [-0.15, -0.1) is 12.4 Å². The number of hydrogen-bond acceptors (Lipinski definition) is 1. The van der Waals surface area contributed by atoms with Gasteiger partial charge in [-0.2, -0.15) is 0 Å². The number of rotatable bonds is 2. The minimum Gasteiger partial charge on any atom is -0.322 e. The van der Waals surface area contributed by atoms with Gasteiger partial charge in [-0.25, -0.2) is 8.78 Å². The predicted octanol–water partition coefficient (Wildman–Crippen LogP) is 3.18. The summed E-state index contributed by atoms with van der Waals surface area (Å²) >= 11 is 5.79. The molecule has 0 saturated heterocycles. The molecule has 1 aromatic rings. The van der Waals surface area contributed by atoms with E-state index in [9.17, 15) is 8.78 Å². The van der Waals surface area contributed by atoms with Crippen LogP contribution in [0.25, 0.3) is 0 Å². The fourth-order valence-corrected chi connectivity index (χ4v) is 1.39. The smallest absolute Gasteiger partial charge is 0.129 e. The third-order valence-corrected chi connectivity index (χ3v) is 2.36. The maximum Gasteiger partial charge on any atom is 0.129 e. The van der Waals surface area contributed by atoms with Gasteiger partial charge in [0.2, 0.25) is 0 Å². The van der Waals surface area contributed by atoms with Crippen molar-refractivity contribution < 1.29 is 8.78 Å². The van der Waals surface area contributed by atoms with Crippen molar-refractivity contribution in [1.82, 2.24) is 0 Å². The van der Waals surface area contributed by atoms with Gasteiger partial charge < -0.3 is 5.73 Å². The molecule has 14 heavy (non-hydrogen) atoms. The van der Waals surface area contributed by atoms with E-state index < -0.39 is 18.5 Å². The monoisotopic (exact) mass is 241 g/mol. The standard InChI is InChI=1S/C9H10ClF2N.ClH/c1-5-2-3-6(12)8(9(5)10)7(13)4-11;/h2-3,7H,4,13H2,1H3;1H/t7-;/m0./s1. The highest BCUT2D eigenvalue weighted by atomic mass is 35.5. The highest BCUT2D eigenvalue weighted by Gasteiger charge is 2.16. The molecule has 1 atom stereocenters. The molecule has 1 nitrogen and oxygen atoms in total. The Kier molecular flexibility index (Phi) is 5.34. The summed E-state index contributed by atoms with van der Waals surface area (Å²) in [5.74, 6) is -0.555. The Morgan fingerprint density at radius 2 is 2.07 bits per heavy atom. The minimum atomic E-state index is -0.979. The maximum atomic E-state index is 13.1. The van der Waals surface area contributed by atoms with Crippen molar-refractivity contribution in [2.45, 2.75) is 13.0 Å². The van der Waals surface area contributed by atoms with Crippen LogP contribution in [0.1, 0.15) is 17.2 Å². The van der Waals surface area contributed by atoms with E-state index in [1.807, 2.05) is 0 Å². The molecular formula is C9H11Cl2F2N. The van der Waals surface area contributed by atoms with Crippen LogP contribution in [0.2, 0.25) is 5.02 Å². The molecule has 0 bridgehead atoms. The Labute approximate surface area is 92.7 Å². The lowest BCUT2D eigenvalue weighted by Crippen LogP contribution is -2.15. The first kappa shape index (κ1) is 13.6. The van der Waals surface area contributed by atoms with E-state index in [1.165, 1.54) is 12.1 Å². The van der Waals surface area contributed by atoms with Gasteiger partial charge in [-0.1, -0.05) is 17.7 Å². The van der Waals surface area contributed by atoms with E-state index in [4.69, 9.17) is 17.3 Å². The molecule has 0 unspecified atom stereocenters. The summed E-state index contributed by atoms with van der Waals surface area (Å²) in [7, 11) is 0. The van der Waals surface area contributed by atoms with Gasteiger partial charge in [0.25, 0.3) is 0 Å². The third-order valence-electron chi connectivity index (χ3n) is 1.86. The van der Waals surface area contributed by atoms with Crippen molar-refractivity contribution in [2.24, 2.45) is 5.73 Å². The van der Waals surface area contributed by atoms with E-state index in [2.05, 4.69) is 0 Å². The molecule has 0 amide bonds. The highest BCUT2D eigenvalue weighted by Crippen LogP contribution is 2.27. The lowest BCUT2D eigenvalue weighted by atomic mass is 10.1. The Morgan fingerprint density at radius 3 is 2.57 bits per heavy atom. The second-order valence-electron chi connectivity index (χ2n) is 2.85. The number of benzene rings is 1. The molecule has 0 aliphatic heterocycles. The van der Waals surface area contributed by atoms with Crippen molar-refractivity contribution in [3.05, 3.63) is 34.1 Å². The van der Waals surface area contributed by atoms with E-state index >= 15 is 0 Å². The van der Waals surface area contributed by atoms with Gasteiger partial charge in [0.05, 0.1) is 11.1 Å². The summed E-state index contributed by atoms with van der Waals surface area (Å²) in [6.45, 7) is 0.899. The van der Waals surface area contributed by atoms with Gasteiger partial charge in [0.15, 0.2) is 0 Å². The zero-order chi connectivity index (χ0) is 10.0. The van der Waals surface area contributed by atoms with Crippen molar-refractivity contribution >= 4 is 24.0 Å². The average molecular weight is 242 g/mol. The topological polar surface area (TPSA) is 26.0 Å². The summed E-state index contributed by atoms with van der Waals surface area (Å²) < 4.78 is 25.4. The second-order valence-corrected chi connectivity index (χ2v) is 3.23. The van der Waals surface area contributed by atoms with Crippen LogP contribution >= 0.6 is 24.0 Å². The van der Waals surface area contributed by atoms with Crippen molar-refractivity contribution in [3.8, 4) is 0 Å². The van der Waals surface area contributed by atoms with E-state index in [0.717, 1.165) is 0 Å². The fraction of sp³-hybridized carbons (Fsp3) is 0.333. The Balaban J connectivity index is 0.00000169. The summed E-state index contributed by atoms with van der Waals surface area (Å²) in [4.78, 5) is 0. The first-order chi connectivity index (χ1) is 6.07. The van der Waals surface area contributed by atoms with Crippen LogP contribution in [0.15, 0.2) is 12.1 Å². The SMILES string of the molecule is Cc1ccc(F)c([C@@H](N)CF)c1Cl.Cl. The number of alkyl halides is 1. The summed E-state index contributed by atoms with van der Waals surface area (Å²) in [6, 6.07) is 1.80.